The number of hydrogen-bond acceptors (Lipinski definition) is 1. The van der Waals surface area contributed by atoms with Crippen LogP contribution >= 0.6 is 15.9 Å². The summed E-state index contributed by atoms with van der Waals surface area (Å²) in [5.41, 5.74) is 2.61. The highest BCUT2D eigenvalue weighted by molar-refractivity contribution is 9.10. The normalized spacial score (nSPS) is 11.2. The maximum Gasteiger partial charge on any atom is 0.0998 e. The standard InChI is InChI=1S/C14H11BrN2/c1-17-8-2-3-14(17)9-12(10-16)11-4-6-13(15)7-5-11/h2-9H,1H3/b12-9+. The van der Waals surface area contributed by atoms with E-state index in [1.165, 1.54) is 0 Å². The van der Waals surface area contributed by atoms with Crippen LogP contribution in [0.5, 0.6) is 0 Å². The van der Waals surface area contributed by atoms with E-state index in [1.807, 2.05) is 60.3 Å². The smallest absolute Gasteiger partial charge is 0.0998 e. The van der Waals surface area contributed by atoms with E-state index < -0.39 is 0 Å². The molecular formula is C14H11BrN2. The van der Waals surface area contributed by atoms with Gasteiger partial charge in [0.15, 0.2) is 0 Å². The van der Waals surface area contributed by atoms with Crippen LogP contribution < -0.4 is 0 Å². The highest BCUT2D eigenvalue weighted by atomic mass is 79.9. The van der Waals surface area contributed by atoms with Gasteiger partial charge in [0.2, 0.25) is 0 Å². The predicted molar refractivity (Wildman–Crippen MR) is 73.0 cm³/mol. The molecule has 0 amide bonds. The quantitative estimate of drug-likeness (QED) is 0.771. The number of aryl methyl sites for hydroxylation is 1. The molecule has 1 aromatic carbocycles. The van der Waals surface area contributed by atoms with Crippen molar-refractivity contribution in [1.82, 2.24) is 4.57 Å². The first kappa shape index (κ1) is 11.7. The fourth-order valence-electron chi connectivity index (χ4n) is 1.58. The van der Waals surface area contributed by atoms with Crippen molar-refractivity contribution in [3.8, 4) is 6.07 Å². The van der Waals surface area contributed by atoms with Crippen LogP contribution in [-0.4, -0.2) is 4.57 Å². The lowest BCUT2D eigenvalue weighted by Gasteiger charge is -2.01. The Bertz CT molecular complexity index is 585. The van der Waals surface area contributed by atoms with E-state index in [1.54, 1.807) is 0 Å². The summed E-state index contributed by atoms with van der Waals surface area (Å²) in [7, 11) is 1.96. The summed E-state index contributed by atoms with van der Waals surface area (Å²) in [5, 5.41) is 9.20. The molecule has 0 bridgehead atoms. The number of nitrogens with zero attached hydrogens (tertiary/aromatic N) is 2. The first-order valence-corrected chi connectivity index (χ1v) is 5.99. The number of benzene rings is 1. The Morgan fingerprint density at radius 2 is 2.00 bits per heavy atom. The number of hydrogen-bond donors (Lipinski definition) is 0. The van der Waals surface area contributed by atoms with Crippen LogP contribution in [0, 0.1) is 11.3 Å². The minimum Gasteiger partial charge on any atom is -0.351 e. The molecule has 2 aromatic rings. The summed E-state index contributed by atoms with van der Waals surface area (Å²) in [6.45, 7) is 0. The maximum atomic E-state index is 9.20. The van der Waals surface area contributed by atoms with Gasteiger partial charge >= 0.3 is 0 Å². The molecule has 0 aliphatic carbocycles. The number of aromatic nitrogens is 1. The zero-order valence-electron chi connectivity index (χ0n) is 9.39. The predicted octanol–water partition coefficient (Wildman–Crippen LogP) is 3.85. The third-order valence-corrected chi connectivity index (χ3v) is 3.08. The van der Waals surface area contributed by atoms with Gasteiger partial charge in [0.1, 0.15) is 0 Å². The van der Waals surface area contributed by atoms with E-state index in [0.717, 1.165) is 15.7 Å². The Balaban J connectivity index is 2.41. The molecule has 0 aliphatic rings. The molecule has 1 heterocycles. The lowest BCUT2D eigenvalue weighted by molar-refractivity contribution is 0.915. The van der Waals surface area contributed by atoms with Crippen molar-refractivity contribution >= 4 is 27.6 Å². The third kappa shape index (κ3) is 2.66. The summed E-state index contributed by atoms with van der Waals surface area (Å²) >= 11 is 3.38. The van der Waals surface area contributed by atoms with Crippen LogP contribution in [-0.2, 0) is 7.05 Å². The van der Waals surface area contributed by atoms with Gasteiger partial charge in [-0.25, -0.2) is 0 Å². The number of nitriles is 1. The molecule has 0 N–H and O–H groups in total. The number of halogens is 1. The maximum absolute atomic E-state index is 9.20. The molecule has 0 fully saturated rings. The van der Waals surface area contributed by atoms with Crippen LogP contribution in [0.15, 0.2) is 47.1 Å². The van der Waals surface area contributed by atoms with Gasteiger partial charge in [-0.2, -0.15) is 5.26 Å². The Hall–Kier alpha value is -1.79. The van der Waals surface area contributed by atoms with Crippen LogP contribution in [0.4, 0.5) is 0 Å². The number of allylic oxidation sites excluding steroid dienone is 1. The molecule has 3 heteroatoms. The van der Waals surface area contributed by atoms with Crippen molar-refractivity contribution in [3.05, 3.63) is 58.3 Å². The van der Waals surface area contributed by atoms with Gasteiger partial charge in [-0.3, -0.25) is 0 Å². The van der Waals surface area contributed by atoms with Crippen LogP contribution in [0.3, 0.4) is 0 Å². The van der Waals surface area contributed by atoms with Gasteiger partial charge in [-0.15, -0.1) is 0 Å². The van der Waals surface area contributed by atoms with Crippen molar-refractivity contribution in [1.29, 1.82) is 5.26 Å². The summed E-state index contributed by atoms with van der Waals surface area (Å²) in [5.74, 6) is 0. The summed E-state index contributed by atoms with van der Waals surface area (Å²) in [4.78, 5) is 0. The molecule has 0 saturated carbocycles. The van der Waals surface area contributed by atoms with Crippen molar-refractivity contribution < 1.29 is 0 Å². The fraction of sp³-hybridized carbons (Fsp3) is 0.0714. The average molecular weight is 287 g/mol. The fourth-order valence-corrected chi connectivity index (χ4v) is 1.85. The first-order valence-electron chi connectivity index (χ1n) is 5.20. The van der Waals surface area contributed by atoms with E-state index in [2.05, 4.69) is 22.0 Å². The Kier molecular flexibility index (Phi) is 3.46. The van der Waals surface area contributed by atoms with E-state index in [9.17, 15) is 5.26 Å². The highest BCUT2D eigenvalue weighted by Crippen LogP contribution is 2.20. The van der Waals surface area contributed by atoms with Crippen LogP contribution in [0.25, 0.3) is 11.6 Å². The van der Waals surface area contributed by atoms with Crippen molar-refractivity contribution in [2.45, 2.75) is 0 Å². The Morgan fingerprint density at radius 1 is 1.29 bits per heavy atom. The third-order valence-electron chi connectivity index (χ3n) is 2.55. The van der Waals surface area contributed by atoms with Crippen molar-refractivity contribution in [2.24, 2.45) is 7.05 Å². The van der Waals surface area contributed by atoms with Gasteiger partial charge < -0.3 is 4.57 Å². The molecule has 0 spiro atoms. The van der Waals surface area contributed by atoms with Crippen LogP contribution in [0.1, 0.15) is 11.3 Å². The molecule has 84 valence electrons. The minimum absolute atomic E-state index is 0.666. The molecular weight excluding hydrogens is 276 g/mol. The molecule has 0 unspecified atom stereocenters. The minimum atomic E-state index is 0.666. The summed E-state index contributed by atoms with van der Waals surface area (Å²) in [6, 6.07) is 13.9. The second kappa shape index (κ2) is 5.03. The lowest BCUT2D eigenvalue weighted by atomic mass is 10.1. The van der Waals surface area contributed by atoms with Crippen molar-refractivity contribution in [2.75, 3.05) is 0 Å². The average Bonchev–Trinajstić information content (AvgIpc) is 2.73. The monoisotopic (exact) mass is 286 g/mol. The van der Waals surface area contributed by atoms with Crippen molar-refractivity contribution in [3.63, 3.8) is 0 Å². The van der Waals surface area contributed by atoms with Gasteiger partial charge in [0.25, 0.3) is 0 Å². The largest absolute Gasteiger partial charge is 0.351 e. The second-order valence-corrected chi connectivity index (χ2v) is 4.64. The van der Waals surface area contributed by atoms with Gasteiger partial charge in [-0.05, 0) is 35.9 Å². The molecule has 0 aliphatic heterocycles. The molecule has 2 rings (SSSR count). The van der Waals surface area contributed by atoms with E-state index in [0.29, 0.717) is 5.57 Å². The SMILES string of the molecule is Cn1cccc1/C=C(\C#N)c1ccc(Br)cc1. The van der Waals surface area contributed by atoms with Gasteiger partial charge in [0, 0.05) is 23.4 Å². The highest BCUT2D eigenvalue weighted by Gasteiger charge is 2.02. The zero-order valence-corrected chi connectivity index (χ0v) is 11.0. The molecule has 2 nitrogen and oxygen atoms in total. The van der Waals surface area contributed by atoms with Crippen LogP contribution in [0.2, 0.25) is 0 Å². The van der Waals surface area contributed by atoms with Gasteiger partial charge in [-0.1, -0.05) is 28.1 Å². The second-order valence-electron chi connectivity index (χ2n) is 3.72. The Morgan fingerprint density at radius 3 is 2.53 bits per heavy atom. The summed E-state index contributed by atoms with van der Waals surface area (Å²) < 4.78 is 2.99. The topological polar surface area (TPSA) is 28.7 Å². The van der Waals surface area contributed by atoms with E-state index in [4.69, 9.17) is 0 Å². The van der Waals surface area contributed by atoms with E-state index >= 15 is 0 Å². The lowest BCUT2D eigenvalue weighted by Crippen LogP contribution is -1.89. The van der Waals surface area contributed by atoms with Gasteiger partial charge in [0.05, 0.1) is 11.6 Å². The first-order chi connectivity index (χ1) is 8.20. The molecule has 0 radical (unpaired) electrons. The molecule has 0 saturated heterocycles. The number of rotatable bonds is 2. The molecule has 17 heavy (non-hydrogen) atoms. The summed E-state index contributed by atoms with van der Waals surface area (Å²) in [6.07, 6.45) is 3.85. The van der Waals surface area contributed by atoms with E-state index in [-0.39, 0.29) is 0 Å². The molecule has 1 aromatic heterocycles. The molecule has 0 atom stereocenters. The Labute approximate surface area is 109 Å². The zero-order chi connectivity index (χ0) is 12.3.